The van der Waals surface area contributed by atoms with Crippen molar-refractivity contribution in [1.29, 1.82) is 0 Å². The van der Waals surface area contributed by atoms with Crippen LogP contribution in [0.5, 0.6) is 11.5 Å². The highest BCUT2D eigenvalue weighted by molar-refractivity contribution is 6.30. The maximum Gasteiger partial charge on any atom is 0.260 e. The van der Waals surface area contributed by atoms with Crippen molar-refractivity contribution in [2.24, 2.45) is 0 Å². The molecule has 2 aromatic carbocycles. The summed E-state index contributed by atoms with van der Waals surface area (Å²) in [7, 11) is 3.31. The first-order valence-electron chi connectivity index (χ1n) is 7.25. The summed E-state index contributed by atoms with van der Waals surface area (Å²) in [6, 6.07) is 13.0. The average Bonchev–Trinajstić information content (AvgIpc) is 2.53. The fraction of sp³-hybridized carbons (Fsp3) is 0.278. The van der Waals surface area contributed by atoms with Gasteiger partial charge in [-0.2, -0.15) is 0 Å². The monoisotopic (exact) mass is 333 g/mol. The normalized spacial score (nSPS) is 10.3. The minimum Gasteiger partial charge on any atom is -0.493 e. The van der Waals surface area contributed by atoms with Gasteiger partial charge in [-0.1, -0.05) is 29.8 Å². The van der Waals surface area contributed by atoms with E-state index in [2.05, 4.69) is 0 Å². The van der Waals surface area contributed by atoms with Crippen LogP contribution in [0.4, 0.5) is 0 Å². The van der Waals surface area contributed by atoms with E-state index in [0.717, 1.165) is 11.1 Å². The minimum absolute atomic E-state index is 0.0452. The van der Waals surface area contributed by atoms with Gasteiger partial charge in [0.25, 0.3) is 5.91 Å². The van der Waals surface area contributed by atoms with Crippen molar-refractivity contribution in [2.45, 2.75) is 13.5 Å². The predicted molar refractivity (Wildman–Crippen MR) is 91.2 cm³/mol. The van der Waals surface area contributed by atoms with Crippen molar-refractivity contribution in [1.82, 2.24) is 4.90 Å². The number of benzene rings is 2. The van der Waals surface area contributed by atoms with Crippen LogP contribution in [0.1, 0.15) is 11.1 Å². The Hall–Kier alpha value is -2.20. The summed E-state index contributed by atoms with van der Waals surface area (Å²) in [5.74, 6) is 1.06. The minimum atomic E-state index is -0.118. The quantitative estimate of drug-likeness (QED) is 0.809. The van der Waals surface area contributed by atoms with E-state index in [0.29, 0.717) is 23.1 Å². The van der Waals surface area contributed by atoms with Crippen LogP contribution in [0, 0.1) is 6.92 Å². The second kappa shape index (κ2) is 7.88. The average molecular weight is 334 g/mol. The SMILES string of the molecule is COc1cc(C)ccc1OCC(=O)N(C)Cc1cccc(Cl)c1. The first-order valence-corrected chi connectivity index (χ1v) is 7.63. The summed E-state index contributed by atoms with van der Waals surface area (Å²) in [6.45, 7) is 2.40. The van der Waals surface area contributed by atoms with E-state index < -0.39 is 0 Å². The number of carbonyl (C=O) groups excluding carboxylic acids is 1. The highest BCUT2D eigenvalue weighted by Crippen LogP contribution is 2.27. The number of nitrogens with zero attached hydrogens (tertiary/aromatic N) is 1. The van der Waals surface area contributed by atoms with Crippen molar-refractivity contribution in [3.05, 3.63) is 58.6 Å². The first kappa shape index (κ1) is 17.2. The van der Waals surface area contributed by atoms with Gasteiger partial charge in [-0.15, -0.1) is 0 Å². The Morgan fingerprint density at radius 3 is 2.65 bits per heavy atom. The number of halogens is 1. The lowest BCUT2D eigenvalue weighted by atomic mass is 10.2. The van der Waals surface area contributed by atoms with Crippen LogP contribution in [-0.4, -0.2) is 31.6 Å². The van der Waals surface area contributed by atoms with Gasteiger partial charge in [-0.25, -0.2) is 0 Å². The number of carbonyl (C=O) groups is 1. The third kappa shape index (κ3) is 4.89. The number of methoxy groups -OCH3 is 1. The molecule has 0 spiro atoms. The van der Waals surface area contributed by atoms with Gasteiger partial charge in [-0.3, -0.25) is 4.79 Å². The molecule has 0 atom stereocenters. The molecule has 4 nitrogen and oxygen atoms in total. The lowest BCUT2D eigenvalue weighted by molar-refractivity contribution is -0.132. The largest absolute Gasteiger partial charge is 0.493 e. The van der Waals surface area contributed by atoms with Gasteiger partial charge in [0, 0.05) is 18.6 Å². The molecule has 0 aromatic heterocycles. The number of rotatable bonds is 6. The Balaban J connectivity index is 1.94. The molecule has 5 heteroatoms. The maximum absolute atomic E-state index is 12.2. The molecular weight excluding hydrogens is 314 g/mol. The number of hydrogen-bond donors (Lipinski definition) is 0. The third-order valence-electron chi connectivity index (χ3n) is 3.40. The lowest BCUT2D eigenvalue weighted by Gasteiger charge is -2.18. The molecule has 2 aromatic rings. The van der Waals surface area contributed by atoms with Crippen LogP contribution in [0.15, 0.2) is 42.5 Å². The number of aryl methyl sites for hydroxylation is 1. The maximum atomic E-state index is 12.2. The highest BCUT2D eigenvalue weighted by Gasteiger charge is 2.12. The van der Waals surface area contributed by atoms with Crippen LogP contribution in [-0.2, 0) is 11.3 Å². The van der Waals surface area contributed by atoms with Gasteiger partial charge in [0.1, 0.15) is 0 Å². The Kier molecular flexibility index (Phi) is 5.88. The topological polar surface area (TPSA) is 38.8 Å². The second-order valence-electron chi connectivity index (χ2n) is 5.32. The van der Waals surface area contributed by atoms with Crippen molar-refractivity contribution in [2.75, 3.05) is 20.8 Å². The van der Waals surface area contributed by atoms with Crippen LogP contribution in [0.3, 0.4) is 0 Å². The molecule has 0 radical (unpaired) electrons. The summed E-state index contributed by atoms with van der Waals surface area (Å²) in [6.07, 6.45) is 0. The Labute approximate surface area is 141 Å². The summed E-state index contributed by atoms with van der Waals surface area (Å²) in [5, 5.41) is 0.656. The Morgan fingerprint density at radius 2 is 1.96 bits per heavy atom. The predicted octanol–water partition coefficient (Wildman–Crippen LogP) is 3.69. The van der Waals surface area contributed by atoms with Crippen LogP contribution in [0.2, 0.25) is 5.02 Å². The molecular formula is C18H20ClNO3. The van der Waals surface area contributed by atoms with Gasteiger partial charge in [0.2, 0.25) is 0 Å². The smallest absolute Gasteiger partial charge is 0.260 e. The van der Waals surface area contributed by atoms with Crippen molar-refractivity contribution >= 4 is 17.5 Å². The molecule has 0 saturated carbocycles. The number of ether oxygens (including phenoxy) is 2. The molecule has 2 rings (SSSR count). The van der Waals surface area contributed by atoms with Crippen LogP contribution < -0.4 is 9.47 Å². The molecule has 0 fully saturated rings. The molecule has 0 heterocycles. The number of hydrogen-bond acceptors (Lipinski definition) is 3. The van der Waals surface area contributed by atoms with E-state index in [-0.39, 0.29) is 12.5 Å². The first-order chi connectivity index (χ1) is 11.0. The molecule has 0 saturated heterocycles. The lowest BCUT2D eigenvalue weighted by Crippen LogP contribution is -2.31. The number of likely N-dealkylation sites (N-methyl/N-ethyl adjacent to an activating group) is 1. The zero-order valence-corrected chi connectivity index (χ0v) is 14.3. The van der Waals surface area contributed by atoms with Gasteiger partial charge in [0.15, 0.2) is 18.1 Å². The van der Waals surface area contributed by atoms with E-state index >= 15 is 0 Å². The van der Waals surface area contributed by atoms with Crippen LogP contribution in [0.25, 0.3) is 0 Å². The fourth-order valence-electron chi connectivity index (χ4n) is 2.14. The Morgan fingerprint density at radius 1 is 1.17 bits per heavy atom. The summed E-state index contributed by atoms with van der Waals surface area (Å²) in [5.41, 5.74) is 2.04. The second-order valence-corrected chi connectivity index (χ2v) is 5.76. The zero-order chi connectivity index (χ0) is 16.8. The standard InChI is InChI=1S/C18H20ClNO3/c1-13-7-8-16(17(9-13)22-3)23-12-18(21)20(2)11-14-5-4-6-15(19)10-14/h4-10H,11-12H2,1-3H3. The van der Waals surface area contributed by atoms with Gasteiger partial charge >= 0.3 is 0 Å². The highest BCUT2D eigenvalue weighted by atomic mass is 35.5. The van der Waals surface area contributed by atoms with E-state index in [9.17, 15) is 4.79 Å². The molecule has 23 heavy (non-hydrogen) atoms. The molecule has 0 bridgehead atoms. The molecule has 0 aliphatic heterocycles. The third-order valence-corrected chi connectivity index (χ3v) is 3.64. The molecule has 1 amide bonds. The van der Waals surface area contributed by atoms with Gasteiger partial charge in [-0.05, 0) is 42.3 Å². The van der Waals surface area contributed by atoms with Crippen molar-refractivity contribution in [3.63, 3.8) is 0 Å². The van der Waals surface area contributed by atoms with E-state index in [1.807, 2.05) is 37.3 Å². The van der Waals surface area contributed by atoms with Crippen LogP contribution >= 0.6 is 11.6 Å². The van der Waals surface area contributed by atoms with Crippen molar-refractivity contribution < 1.29 is 14.3 Å². The van der Waals surface area contributed by atoms with Gasteiger partial charge < -0.3 is 14.4 Å². The summed E-state index contributed by atoms with van der Waals surface area (Å²) < 4.78 is 10.8. The number of amides is 1. The molecule has 0 aliphatic carbocycles. The molecule has 0 N–H and O–H groups in total. The Bertz CT molecular complexity index is 688. The summed E-state index contributed by atoms with van der Waals surface area (Å²) in [4.78, 5) is 13.8. The van der Waals surface area contributed by atoms with E-state index in [1.165, 1.54) is 0 Å². The zero-order valence-electron chi connectivity index (χ0n) is 13.5. The summed E-state index contributed by atoms with van der Waals surface area (Å²) >= 11 is 5.95. The van der Waals surface area contributed by atoms with E-state index in [1.54, 1.807) is 31.2 Å². The fourth-order valence-corrected chi connectivity index (χ4v) is 2.35. The van der Waals surface area contributed by atoms with Gasteiger partial charge in [0.05, 0.1) is 7.11 Å². The van der Waals surface area contributed by atoms with E-state index in [4.69, 9.17) is 21.1 Å². The van der Waals surface area contributed by atoms with Crippen molar-refractivity contribution in [3.8, 4) is 11.5 Å². The molecule has 0 aliphatic rings. The molecule has 122 valence electrons. The molecule has 0 unspecified atom stereocenters.